The van der Waals surface area contributed by atoms with Crippen LogP contribution in [0, 0.1) is 20.8 Å². The highest BCUT2D eigenvalue weighted by Crippen LogP contribution is 2.35. The van der Waals surface area contributed by atoms with Crippen LogP contribution in [0.2, 0.25) is 0 Å². The molecule has 1 amide bonds. The number of para-hydroxylation sites is 1. The Balaban J connectivity index is 1.51. The van der Waals surface area contributed by atoms with Crippen LogP contribution in [0.4, 0.5) is 0 Å². The normalized spacial score (nSPS) is 17.0. The van der Waals surface area contributed by atoms with Crippen LogP contribution in [-0.4, -0.2) is 37.5 Å². The van der Waals surface area contributed by atoms with Gasteiger partial charge in [-0.15, -0.1) is 21.5 Å². The Morgan fingerprint density at radius 2 is 2.10 bits per heavy atom. The van der Waals surface area contributed by atoms with Crippen molar-refractivity contribution in [1.82, 2.24) is 25.1 Å². The topological polar surface area (TPSA) is 87.9 Å². The van der Waals surface area contributed by atoms with Gasteiger partial charge in [-0.1, -0.05) is 12.1 Å². The maximum absolute atomic E-state index is 13.6. The van der Waals surface area contributed by atoms with Crippen molar-refractivity contribution in [3.63, 3.8) is 0 Å². The van der Waals surface area contributed by atoms with Crippen LogP contribution in [0.5, 0.6) is 0 Å². The van der Waals surface area contributed by atoms with Crippen LogP contribution in [-0.2, 0) is 0 Å². The maximum Gasteiger partial charge on any atom is 0.259 e. The number of piperidine rings is 1. The summed E-state index contributed by atoms with van der Waals surface area (Å²) in [4.78, 5) is 24.0. The highest BCUT2D eigenvalue weighted by Gasteiger charge is 2.33. The van der Waals surface area contributed by atoms with E-state index in [1.807, 2.05) is 30.9 Å². The molecule has 30 heavy (non-hydrogen) atoms. The van der Waals surface area contributed by atoms with Crippen molar-refractivity contribution in [2.75, 3.05) is 6.54 Å². The summed E-state index contributed by atoms with van der Waals surface area (Å²) in [5.74, 6) is 0.970. The molecule has 1 saturated heterocycles. The molecule has 4 heterocycles. The lowest BCUT2D eigenvalue weighted by Gasteiger charge is -2.33. The van der Waals surface area contributed by atoms with Gasteiger partial charge in [0.05, 0.1) is 22.3 Å². The van der Waals surface area contributed by atoms with Crippen molar-refractivity contribution in [2.24, 2.45) is 0 Å². The average Bonchev–Trinajstić information content (AvgIpc) is 3.47. The molecule has 0 aliphatic carbocycles. The minimum atomic E-state index is -0.215. The van der Waals surface area contributed by atoms with Gasteiger partial charge in [-0.3, -0.25) is 4.79 Å². The number of likely N-dealkylation sites (tertiary alicyclic amines) is 1. The van der Waals surface area contributed by atoms with Crippen LogP contribution < -0.4 is 0 Å². The first kappa shape index (κ1) is 19.0. The first-order valence-corrected chi connectivity index (χ1v) is 11.0. The smallest absolute Gasteiger partial charge is 0.259 e. The van der Waals surface area contributed by atoms with Crippen molar-refractivity contribution in [3.8, 4) is 10.8 Å². The fourth-order valence-electron chi connectivity index (χ4n) is 4.22. The number of amides is 1. The van der Waals surface area contributed by atoms with E-state index in [9.17, 15) is 4.79 Å². The van der Waals surface area contributed by atoms with E-state index in [0.717, 1.165) is 46.4 Å². The number of nitrogens with zero attached hydrogens (tertiary/aromatic N) is 4. The molecule has 3 aromatic heterocycles. The molecule has 0 spiro atoms. The summed E-state index contributed by atoms with van der Waals surface area (Å²) in [6, 6.07) is 5.69. The van der Waals surface area contributed by atoms with Gasteiger partial charge < -0.3 is 14.3 Å². The molecule has 1 N–H and O–H groups in total. The summed E-state index contributed by atoms with van der Waals surface area (Å²) in [5.41, 5.74) is 6.49. The summed E-state index contributed by atoms with van der Waals surface area (Å²) < 4.78 is 6.02. The lowest BCUT2D eigenvalue weighted by Crippen LogP contribution is -2.38. The van der Waals surface area contributed by atoms with Gasteiger partial charge in [0.15, 0.2) is 0 Å². The minimum absolute atomic E-state index is 0.000251. The minimum Gasteiger partial charge on any atom is -0.418 e. The number of rotatable bonds is 3. The van der Waals surface area contributed by atoms with Crippen LogP contribution in [0.3, 0.4) is 0 Å². The third-order valence-electron chi connectivity index (χ3n) is 6.00. The third kappa shape index (κ3) is 3.02. The maximum atomic E-state index is 13.6. The largest absolute Gasteiger partial charge is 0.418 e. The molecular weight excluding hydrogens is 398 g/mol. The van der Waals surface area contributed by atoms with Crippen LogP contribution in [0.15, 0.2) is 28.1 Å². The van der Waals surface area contributed by atoms with Gasteiger partial charge in [0.2, 0.25) is 5.89 Å². The first-order chi connectivity index (χ1) is 14.5. The predicted molar refractivity (Wildman–Crippen MR) is 116 cm³/mol. The van der Waals surface area contributed by atoms with Gasteiger partial charge in [-0.2, -0.15) is 0 Å². The second-order valence-electron chi connectivity index (χ2n) is 7.83. The average molecular weight is 422 g/mol. The molecule has 1 aromatic carbocycles. The fraction of sp³-hybridized carbons (Fsp3) is 0.364. The van der Waals surface area contributed by atoms with E-state index >= 15 is 0 Å². The summed E-state index contributed by atoms with van der Waals surface area (Å²) in [5, 5.41) is 9.63. The molecule has 5 rings (SSSR count). The molecule has 8 heteroatoms. The van der Waals surface area contributed by atoms with Gasteiger partial charge >= 0.3 is 0 Å². The number of hydrogen-bond acceptors (Lipinski definition) is 6. The van der Waals surface area contributed by atoms with E-state index in [4.69, 9.17) is 4.42 Å². The lowest BCUT2D eigenvalue weighted by molar-refractivity contribution is 0.0574. The fourth-order valence-corrected chi connectivity index (χ4v) is 4.94. The summed E-state index contributed by atoms with van der Waals surface area (Å²) in [6.45, 7) is 6.71. The molecule has 1 aliphatic heterocycles. The molecule has 0 saturated carbocycles. The quantitative estimate of drug-likeness (QED) is 0.505. The number of hydrogen-bond donors (Lipinski definition) is 1. The monoisotopic (exact) mass is 421 g/mol. The van der Waals surface area contributed by atoms with Gasteiger partial charge in [0.1, 0.15) is 10.9 Å². The summed E-state index contributed by atoms with van der Waals surface area (Å²) in [7, 11) is 0. The van der Waals surface area contributed by atoms with Gasteiger partial charge in [0.25, 0.3) is 11.8 Å². The second kappa shape index (κ2) is 7.36. The van der Waals surface area contributed by atoms with E-state index in [2.05, 4.69) is 33.2 Å². The van der Waals surface area contributed by atoms with Crippen molar-refractivity contribution < 1.29 is 9.21 Å². The molecule has 1 fully saturated rings. The lowest BCUT2D eigenvalue weighted by atomic mass is 10.00. The van der Waals surface area contributed by atoms with E-state index in [1.54, 1.807) is 5.51 Å². The standard InChI is InChI=1S/C22H23N5O2S/c1-12-13(2)24-18-15(12)7-6-8-16(18)22(28)27-10-5-4-9-17(27)20-25-26-21(29-20)19-14(3)23-11-30-19/h6-8,11,17,24H,4-5,9-10H2,1-3H3. The number of H-pyrrole nitrogens is 1. The van der Waals surface area contributed by atoms with Crippen LogP contribution >= 0.6 is 11.3 Å². The molecule has 154 valence electrons. The zero-order chi connectivity index (χ0) is 20.8. The molecule has 1 unspecified atom stereocenters. The highest BCUT2D eigenvalue weighted by atomic mass is 32.1. The number of thiazole rings is 1. The number of carbonyl (C=O) groups is 1. The Morgan fingerprint density at radius 1 is 1.23 bits per heavy atom. The van der Waals surface area contributed by atoms with Crippen molar-refractivity contribution in [1.29, 1.82) is 0 Å². The molecule has 0 bridgehead atoms. The molecule has 7 nitrogen and oxygen atoms in total. The van der Waals surface area contributed by atoms with Gasteiger partial charge in [0, 0.05) is 17.6 Å². The zero-order valence-electron chi connectivity index (χ0n) is 17.2. The SMILES string of the molecule is Cc1ncsc1-c1nnc(C2CCCCN2C(=O)c2cccc3c(C)c(C)[nH]c23)o1. The van der Waals surface area contributed by atoms with Crippen LogP contribution in [0.25, 0.3) is 21.7 Å². The van der Waals surface area contributed by atoms with Gasteiger partial charge in [-0.05, 0) is 51.7 Å². The number of aryl methyl sites for hydroxylation is 3. The third-order valence-corrected chi connectivity index (χ3v) is 6.92. The number of carbonyl (C=O) groups excluding carboxylic acids is 1. The predicted octanol–water partition coefficient (Wildman–Crippen LogP) is 4.97. The molecule has 1 aliphatic rings. The molecular formula is C22H23N5O2S. The second-order valence-corrected chi connectivity index (χ2v) is 8.68. The number of benzene rings is 1. The van der Waals surface area contributed by atoms with E-state index in [-0.39, 0.29) is 11.9 Å². The zero-order valence-corrected chi connectivity index (χ0v) is 18.0. The Morgan fingerprint density at radius 3 is 2.90 bits per heavy atom. The molecule has 4 aromatic rings. The van der Waals surface area contributed by atoms with E-state index in [0.29, 0.717) is 23.9 Å². The van der Waals surface area contributed by atoms with Crippen molar-refractivity contribution in [2.45, 2.75) is 46.1 Å². The number of fused-ring (bicyclic) bond motifs is 1. The van der Waals surface area contributed by atoms with Gasteiger partial charge in [-0.25, -0.2) is 4.98 Å². The Kier molecular flexibility index (Phi) is 4.66. The van der Waals surface area contributed by atoms with Crippen LogP contribution in [0.1, 0.15) is 58.5 Å². The van der Waals surface area contributed by atoms with E-state index < -0.39 is 0 Å². The Labute approximate surface area is 178 Å². The van der Waals surface area contributed by atoms with Crippen molar-refractivity contribution >= 4 is 28.1 Å². The molecule has 0 radical (unpaired) electrons. The first-order valence-electron chi connectivity index (χ1n) is 10.2. The number of nitrogens with one attached hydrogen (secondary N) is 1. The summed E-state index contributed by atoms with van der Waals surface area (Å²) >= 11 is 1.48. The summed E-state index contributed by atoms with van der Waals surface area (Å²) in [6.07, 6.45) is 2.81. The van der Waals surface area contributed by atoms with E-state index in [1.165, 1.54) is 16.9 Å². The number of aromatic amines is 1. The Bertz CT molecular complexity index is 1240. The Hall–Kier alpha value is -3.00. The highest BCUT2D eigenvalue weighted by molar-refractivity contribution is 7.13. The van der Waals surface area contributed by atoms with Crippen molar-refractivity contribution in [3.05, 3.63) is 52.1 Å². The number of aromatic nitrogens is 4. The molecule has 1 atom stereocenters.